The molecule has 1 atom stereocenters. The number of Topliss-reactive ketones (excluding diaryl/α,β-unsaturated/α-hetero) is 1. The van der Waals surface area contributed by atoms with Crippen LogP contribution in [-0.4, -0.2) is 16.3 Å². The molecule has 0 aromatic rings. The van der Waals surface area contributed by atoms with E-state index in [9.17, 15) is 4.79 Å². The van der Waals surface area contributed by atoms with Gasteiger partial charge in [-0.15, -0.1) is 0 Å². The molecule has 0 aromatic heterocycles. The van der Waals surface area contributed by atoms with Crippen molar-refractivity contribution < 1.29 is 4.79 Å². The first-order valence-corrected chi connectivity index (χ1v) is 5.64. The molecule has 1 heterocycles. The first-order chi connectivity index (χ1) is 5.52. The minimum atomic E-state index is 0.336. The summed E-state index contributed by atoms with van der Waals surface area (Å²) in [4.78, 5) is 10.8. The Labute approximate surface area is 79.3 Å². The number of carbonyl (C=O) groups is 1. The van der Waals surface area contributed by atoms with Gasteiger partial charge in [-0.2, -0.15) is 11.8 Å². The summed E-state index contributed by atoms with van der Waals surface area (Å²) in [5.74, 6) is 2.37. The van der Waals surface area contributed by atoms with Crippen molar-refractivity contribution in [3.8, 4) is 0 Å². The fourth-order valence-electron chi connectivity index (χ4n) is 1.80. The Morgan fingerprint density at radius 2 is 2.25 bits per heavy atom. The van der Waals surface area contributed by atoms with E-state index in [1.165, 1.54) is 12.2 Å². The Balaban J connectivity index is 2.36. The monoisotopic (exact) mass is 186 g/mol. The SMILES string of the molecule is CC(=O)CCC1CCSC1(C)C. The van der Waals surface area contributed by atoms with Crippen molar-refractivity contribution in [1.29, 1.82) is 0 Å². The number of carbonyl (C=O) groups excluding carboxylic acids is 1. The van der Waals surface area contributed by atoms with Gasteiger partial charge in [0.2, 0.25) is 0 Å². The van der Waals surface area contributed by atoms with Crippen LogP contribution in [0.25, 0.3) is 0 Å². The van der Waals surface area contributed by atoms with Crippen LogP contribution in [0.5, 0.6) is 0 Å². The average Bonchev–Trinajstić information content (AvgIpc) is 2.25. The molecule has 1 nitrogen and oxygen atoms in total. The number of hydrogen-bond donors (Lipinski definition) is 0. The van der Waals surface area contributed by atoms with Gasteiger partial charge in [-0.05, 0) is 31.4 Å². The van der Waals surface area contributed by atoms with E-state index in [4.69, 9.17) is 0 Å². The number of thioether (sulfide) groups is 1. The lowest BCUT2D eigenvalue weighted by Crippen LogP contribution is -2.22. The largest absolute Gasteiger partial charge is 0.300 e. The minimum Gasteiger partial charge on any atom is -0.300 e. The Morgan fingerprint density at radius 1 is 1.58 bits per heavy atom. The van der Waals surface area contributed by atoms with Gasteiger partial charge in [-0.25, -0.2) is 0 Å². The van der Waals surface area contributed by atoms with E-state index in [1.807, 2.05) is 11.8 Å². The maximum absolute atomic E-state index is 10.8. The maximum atomic E-state index is 10.8. The highest BCUT2D eigenvalue weighted by atomic mass is 32.2. The second-order valence-electron chi connectivity index (χ2n) is 4.18. The van der Waals surface area contributed by atoms with E-state index >= 15 is 0 Å². The molecule has 1 rings (SSSR count). The van der Waals surface area contributed by atoms with Crippen LogP contribution < -0.4 is 0 Å². The van der Waals surface area contributed by atoms with Crippen LogP contribution in [-0.2, 0) is 4.79 Å². The third-order valence-corrected chi connectivity index (χ3v) is 4.29. The van der Waals surface area contributed by atoms with Gasteiger partial charge in [-0.3, -0.25) is 0 Å². The van der Waals surface area contributed by atoms with Gasteiger partial charge in [0.1, 0.15) is 5.78 Å². The van der Waals surface area contributed by atoms with E-state index in [-0.39, 0.29) is 0 Å². The summed E-state index contributed by atoms with van der Waals surface area (Å²) in [6, 6.07) is 0. The molecule has 0 aliphatic carbocycles. The minimum absolute atomic E-state index is 0.336. The molecule has 1 aliphatic rings. The van der Waals surface area contributed by atoms with Crippen LogP contribution in [0.15, 0.2) is 0 Å². The van der Waals surface area contributed by atoms with E-state index in [0.29, 0.717) is 10.5 Å². The molecule has 0 aromatic carbocycles. The second-order valence-corrected chi connectivity index (χ2v) is 5.93. The molecule has 1 unspecified atom stereocenters. The van der Waals surface area contributed by atoms with Crippen molar-refractivity contribution in [2.45, 2.75) is 44.8 Å². The zero-order chi connectivity index (χ0) is 9.19. The van der Waals surface area contributed by atoms with Crippen molar-refractivity contribution in [2.24, 2.45) is 5.92 Å². The molecule has 0 spiro atoms. The van der Waals surface area contributed by atoms with Gasteiger partial charge < -0.3 is 4.79 Å². The van der Waals surface area contributed by atoms with Crippen LogP contribution >= 0.6 is 11.8 Å². The van der Waals surface area contributed by atoms with Crippen molar-refractivity contribution in [3.63, 3.8) is 0 Å². The highest BCUT2D eigenvalue weighted by molar-refractivity contribution is 8.00. The summed E-state index contributed by atoms with van der Waals surface area (Å²) in [5, 5.41) is 0. The zero-order valence-electron chi connectivity index (χ0n) is 8.22. The molecule has 0 N–H and O–H groups in total. The Kier molecular flexibility index (Phi) is 3.22. The van der Waals surface area contributed by atoms with Crippen LogP contribution in [0.4, 0.5) is 0 Å². The van der Waals surface area contributed by atoms with Crippen LogP contribution in [0.1, 0.15) is 40.0 Å². The van der Waals surface area contributed by atoms with Crippen LogP contribution in [0.2, 0.25) is 0 Å². The third kappa shape index (κ3) is 2.51. The summed E-state index contributed by atoms with van der Waals surface area (Å²) in [6.07, 6.45) is 3.16. The fraction of sp³-hybridized carbons (Fsp3) is 0.900. The standard InChI is InChI=1S/C10H18OS/c1-8(11)4-5-9-6-7-12-10(9,2)3/h9H,4-7H2,1-3H3. The molecular formula is C10H18OS. The van der Waals surface area contributed by atoms with E-state index < -0.39 is 0 Å². The summed E-state index contributed by atoms with van der Waals surface area (Å²) >= 11 is 2.05. The highest BCUT2D eigenvalue weighted by Gasteiger charge is 2.34. The topological polar surface area (TPSA) is 17.1 Å². The van der Waals surface area contributed by atoms with E-state index in [2.05, 4.69) is 13.8 Å². The normalized spacial score (nSPS) is 27.4. The lowest BCUT2D eigenvalue weighted by molar-refractivity contribution is -0.117. The van der Waals surface area contributed by atoms with Gasteiger partial charge in [0.05, 0.1) is 0 Å². The van der Waals surface area contributed by atoms with Crippen molar-refractivity contribution in [2.75, 3.05) is 5.75 Å². The van der Waals surface area contributed by atoms with E-state index in [1.54, 1.807) is 6.92 Å². The first-order valence-electron chi connectivity index (χ1n) is 4.66. The number of rotatable bonds is 3. The molecule has 12 heavy (non-hydrogen) atoms. The molecular weight excluding hydrogens is 168 g/mol. The summed E-state index contributed by atoms with van der Waals surface area (Å²) in [5.41, 5.74) is 0. The van der Waals surface area contributed by atoms with Crippen molar-refractivity contribution in [3.05, 3.63) is 0 Å². The number of hydrogen-bond acceptors (Lipinski definition) is 2. The molecule has 0 amide bonds. The Morgan fingerprint density at radius 3 is 2.67 bits per heavy atom. The molecule has 0 saturated carbocycles. The summed E-state index contributed by atoms with van der Waals surface area (Å²) in [6.45, 7) is 6.29. The van der Waals surface area contributed by atoms with Crippen molar-refractivity contribution >= 4 is 17.5 Å². The van der Waals surface area contributed by atoms with Gasteiger partial charge in [-0.1, -0.05) is 13.8 Å². The first kappa shape index (κ1) is 10.1. The van der Waals surface area contributed by atoms with Crippen LogP contribution in [0.3, 0.4) is 0 Å². The average molecular weight is 186 g/mol. The summed E-state index contributed by atoms with van der Waals surface area (Å²) < 4.78 is 0.412. The quantitative estimate of drug-likeness (QED) is 0.674. The maximum Gasteiger partial charge on any atom is 0.129 e. The van der Waals surface area contributed by atoms with Crippen molar-refractivity contribution in [1.82, 2.24) is 0 Å². The van der Waals surface area contributed by atoms with Gasteiger partial charge >= 0.3 is 0 Å². The summed E-state index contributed by atoms with van der Waals surface area (Å²) in [7, 11) is 0. The van der Waals surface area contributed by atoms with E-state index in [0.717, 1.165) is 18.8 Å². The lowest BCUT2D eigenvalue weighted by Gasteiger charge is -2.25. The predicted octanol–water partition coefficient (Wildman–Crippen LogP) is 2.89. The second kappa shape index (κ2) is 3.82. The molecule has 1 fully saturated rings. The molecule has 0 bridgehead atoms. The zero-order valence-corrected chi connectivity index (χ0v) is 9.04. The molecule has 1 aliphatic heterocycles. The molecule has 2 heteroatoms. The van der Waals surface area contributed by atoms with Gasteiger partial charge in [0.25, 0.3) is 0 Å². The molecule has 1 saturated heterocycles. The smallest absolute Gasteiger partial charge is 0.129 e. The van der Waals surface area contributed by atoms with Crippen LogP contribution in [0, 0.1) is 5.92 Å². The fourth-order valence-corrected chi connectivity index (χ4v) is 3.20. The predicted molar refractivity (Wildman–Crippen MR) is 54.6 cm³/mol. The highest BCUT2D eigenvalue weighted by Crippen LogP contribution is 2.44. The number of ketones is 1. The Hall–Kier alpha value is 0.0200. The van der Waals surface area contributed by atoms with Gasteiger partial charge in [0.15, 0.2) is 0 Å². The lowest BCUT2D eigenvalue weighted by atomic mass is 9.88. The molecule has 0 radical (unpaired) electrons. The van der Waals surface area contributed by atoms with Gasteiger partial charge in [0, 0.05) is 11.2 Å². The third-order valence-electron chi connectivity index (χ3n) is 2.77. The molecule has 70 valence electrons. The Bertz CT molecular complexity index is 175.